The smallest absolute Gasteiger partial charge is 0.122 e. The molecule has 1 aliphatic heterocycles. The Hall–Kier alpha value is -0.0200. The molecule has 1 rings (SSSR count). The maximum Gasteiger partial charge on any atom is 0.122 e. The fourth-order valence-corrected chi connectivity index (χ4v) is 3.40. The van der Waals surface area contributed by atoms with Crippen molar-refractivity contribution in [3.8, 4) is 0 Å². The first-order valence-corrected chi connectivity index (χ1v) is 6.53. The molecule has 1 saturated heterocycles. The van der Waals surface area contributed by atoms with Gasteiger partial charge < -0.3 is 9.53 Å². The van der Waals surface area contributed by atoms with E-state index in [0.717, 1.165) is 12.0 Å². The fraction of sp³-hybridized carbons (Fsp3) is 0.909. The van der Waals surface area contributed by atoms with Crippen LogP contribution in [0.3, 0.4) is 0 Å². The van der Waals surface area contributed by atoms with Crippen LogP contribution in [0, 0.1) is 5.92 Å². The zero-order chi connectivity index (χ0) is 10.4. The van der Waals surface area contributed by atoms with E-state index in [1.54, 1.807) is 0 Å². The van der Waals surface area contributed by atoms with Crippen LogP contribution in [-0.2, 0) is 9.53 Å². The van der Waals surface area contributed by atoms with Crippen LogP contribution >= 0.6 is 11.8 Å². The molecule has 0 aromatic rings. The Morgan fingerprint density at radius 1 is 1.64 bits per heavy atom. The molecule has 0 spiro atoms. The third-order valence-corrected chi connectivity index (χ3v) is 4.20. The first-order valence-electron chi connectivity index (χ1n) is 5.38. The van der Waals surface area contributed by atoms with Crippen molar-refractivity contribution in [2.45, 2.75) is 38.7 Å². The van der Waals surface area contributed by atoms with Crippen LogP contribution < -0.4 is 0 Å². The Bertz CT molecular complexity index is 178. The molecule has 0 aliphatic carbocycles. The van der Waals surface area contributed by atoms with Gasteiger partial charge in [0.05, 0.1) is 5.60 Å². The fourth-order valence-electron chi connectivity index (χ4n) is 2.06. The van der Waals surface area contributed by atoms with Gasteiger partial charge in [0.2, 0.25) is 0 Å². The van der Waals surface area contributed by atoms with E-state index in [-0.39, 0.29) is 5.60 Å². The van der Waals surface area contributed by atoms with Gasteiger partial charge in [-0.2, -0.15) is 11.8 Å². The zero-order valence-corrected chi connectivity index (χ0v) is 9.94. The van der Waals surface area contributed by atoms with Crippen LogP contribution in [0.2, 0.25) is 0 Å². The van der Waals surface area contributed by atoms with Crippen LogP contribution in [-0.4, -0.2) is 30.0 Å². The molecule has 2 nitrogen and oxygen atoms in total. The molecule has 3 heteroatoms. The van der Waals surface area contributed by atoms with Crippen molar-refractivity contribution in [1.82, 2.24) is 0 Å². The maximum absolute atomic E-state index is 10.7. The van der Waals surface area contributed by atoms with Gasteiger partial charge in [-0.3, -0.25) is 0 Å². The number of aldehydes is 1. The van der Waals surface area contributed by atoms with Crippen molar-refractivity contribution in [2.24, 2.45) is 5.92 Å². The largest absolute Gasteiger partial charge is 0.375 e. The van der Waals surface area contributed by atoms with Gasteiger partial charge >= 0.3 is 0 Å². The van der Waals surface area contributed by atoms with E-state index in [0.29, 0.717) is 18.9 Å². The molecular formula is C11H20O2S. The number of carbonyl (C=O) groups excluding carboxylic acids is 1. The molecule has 1 fully saturated rings. The van der Waals surface area contributed by atoms with Gasteiger partial charge in [0.1, 0.15) is 6.29 Å². The van der Waals surface area contributed by atoms with Gasteiger partial charge in [-0.1, -0.05) is 0 Å². The van der Waals surface area contributed by atoms with Crippen LogP contribution in [0.1, 0.15) is 33.1 Å². The highest BCUT2D eigenvalue weighted by Crippen LogP contribution is 2.35. The van der Waals surface area contributed by atoms with E-state index in [4.69, 9.17) is 4.74 Å². The second-order valence-electron chi connectivity index (χ2n) is 4.03. The monoisotopic (exact) mass is 216 g/mol. The number of rotatable bonds is 5. The molecule has 0 amide bonds. The Balaban J connectivity index is 2.58. The van der Waals surface area contributed by atoms with Crippen molar-refractivity contribution in [1.29, 1.82) is 0 Å². The summed E-state index contributed by atoms with van der Waals surface area (Å²) in [6, 6.07) is 0. The number of carbonyl (C=O) groups is 1. The summed E-state index contributed by atoms with van der Waals surface area (Å²) in [6.45, 7) is 4.78. The van der Waals surface area contributed by atoms with E-state index in [1.165, 1.54) is 18.6 Å². The molecule has 1 heterocycles. The predicted octanol–water partition coefficient (Wildman–Crippen LogP) is 2.51. The van der Waals surface area contributed by atoms with Crippen molar-refractivity contribution in [3.63, 3.8) is 0 Å². The Morgan fingerprint density at radius 3 is 2.93 bits per heavy atom. The highest BCUT2D eigenvalue weighted by atomic mass is 32.2. The van der Waals surface area contributed by atoms with Crippen LogP contribution in [0.15, 0.2) is 0 Å². The Morgan fingerprint density at radius 2 is 2.43 bits per heavy atom. The molecule has 0 aromatic heterocycles. The van der Waals surface area contributed by atoms with Gasteiger partial charge in [-0.25, -0.2) is 0 Å². The Labute approximate surface area is 90.8 Å². The lowest BCUT2D eigenvalue weighted by Crippen LogP contribution is -2.41. The van der Waals surface area contributed by atoms with Gasteiger partial charge in [0, 0.05) is 13.0 Å². The second-order valence-corrected chi connectivity index (χ2v) is 5.18. The van der Waals surface area contributed by atoms with Gasteiger partial charge in [-0.15, -0.1) is 0 Å². The first-order chi connectivity index (χ1) is 6.73. The lowest BCUT2D eigenvalue weighted by atomic mass is 9.84. The summed E-state index contributed by atoms with van der Waals surface area (Å²) in [6.07, 6.45) is 4.00. The van der Waals surface area contributed by atoms with Gasteiger partial charge in [-0.05, 0) is 44.1 Å². The molecule has 0 radical (unpaired) electrons. The maximum atomic E-state index is 10.7. The van der Waals surface area contributed by atoms with Crippen LogP contribution in [0.25, 0.3) is 0 Å². The van der Waals surface area contributed by atoms with Gasteiger partial charge in [0.25, 0.3) is 0 Å². The molecule has 14 heavy (non-hydrogen) atoms. The molecule has 2 unspecified atom stereocenters. The quantitative estimate of drug-likeness (QED) is 0.661. The number of hydrogen-bond acceptors (Lipinski definition) is 3. The highest BCUT2D eigenvalue weighted by Gasteiger charge is 2.35. The molecule has 0 saturated carbocycles. The lowest BCUT2D eigenvalue weighted by Gasteiger charge is -2.38. The summed E-state index contributed by atoms with van der Waals surface area (Å²) in [7, 11) is 0. The molecular weight excluding hydrogens is 196 g/mol. The van der Waals surface area contributed by atoms with Crippen molar-refractivity contribution in [2.75, 3.05) is 18.1 Å². The van der Waals surface area contributed by atoms with Crippen molar-refractivity contribution >= 4 is 18.0 Å². The Kier molecular flexibility index (Phi) is 4.96. The summed E-state index contributed by atoms with van der Waals surface area (Å²) >= 11 is 1.99. The average molecular weight is 216 g/mol. The van der Waals surface area contributed by atoms with E-state index < -0.39 is 0 Å². The lowest BCUT2D eigenvalue weighted by molar-refractivity contribution is -0.119. The highest BCUT2D eigenvalue weighted by molar-refractivity contribution is 7.99. The third-order valence-electron chi connectivity index (χ3n) is 2.99. The van der Waals surface area contributed by atoms with E-state index in [2.05, 4.69) is 6.92 Å². The minimum atomic E-state index is -0.218. The standard InChI is InChI=1S/C11H20O2S/c1-3-13-11(2,6-7-12)10-5-4-8-14-9-10/h7,10H,3-6,8-9H2,1-2H3. The molecule has 2 atom stereocenters. The van der Waals surface area contributed by atoms with Crippen LogP contribution in [0.5, 0.6) is 0 Å². The molecule has 0 aromatic carbocycles. The van der Waals surface area contributed by atoms with Gasteiger partial charge in [0.15, 0.2) is 0 Å². The van der Waals surface area contributed by atoms with Crippen LogP contribution in [0.4, 0.5) is 0 Å². The number of hydrogen-bond donors (Lipinski definition) is 0. The summed E-state index contributed by atoms with van der Waals surface area (Å²) in [5.41, 5.74) is -0.218. The topological polar surface area (TPSA) is 26.3 Å². The molecule has 0 bridgehead atoms. The summed E-state index contributed by atoms with van der Waals surface area (Å²) in [5.74, 6) is 2.95. The predicted molar refractivity (Wildman–Crippen MR) is 60.8 cm³/mol. The second kappa shape index (κ2) is 5.76. The minimum Gasteiger partial charge on any atom is -0.375 e. The SMILES string of the molecule is CCOC(C)(CC=O)C1CCCSC1. The zero-order valence-electron chi connectivity index (χ0n) is 9.12. The summed E-state index contributed by atoms with van der Waals surface area (Å²) in [5, 5.41) is 0. The molecule has 1 aliphatic rings. The molecule has 0 N–H and O–H groups in total. The minimum absolute atomic E-state index is 0.218. The first kappa shape index (κ1) is 12.1. The number of thioether (sulfide) groups is 1. The average Bonchev–Trinajstić information content (AvgIpc) is 2.20. The molecule has 82 valence electrons. The van der Waals surface area contributed by atoms with E-state index >= 15 is 0 Å². The van der Waals surface area contributed by atoms with E-state index in [9.17, 15) is 4.79 Å². The summed E-state index contributed by atoms with van der Waals surface area (Å²) < 4.78 is 5.76. The van der Waals surface area contributed by atoms with Crippen molar-refractivity contribution in [3.05, 3.63) is 0 Å². The normalized spacial score (nSPS) is 26.9. The van der Waals surface area contributed by atoms with E-state index in [1.807, 2.05) is 18.7 Å². The number of ether oxygens (including phenoxy) is 1. The summed E-state index contributed by atoms with van der Waals surface area (Å²) in [4.78, 5) is 10.7. The van der Waals surface area contributed by atoms with Crippen molar-refractivity contribution < 1.29 is 9.53 Å². The third kappa shape index (κ3) is 2.99.